The fourth-order valence-electron chi connectivity index (χ4n) is 1.83. The molecule has 0 atom stereocenters. The molecule has 2 rings (SSSR count). The summed E-state index contributed by atoms with van der Waals surface area (Å²) in [4.78, 5) is 4.04. The maximum Gasteiger partial charge on any atom is 0.248 e. The van der Waals surface area contributed by atoms with E-state index in [1.807, 2.05) is 0 Å². The molecule has 2 aromatic rings. The largest absolute Gasteiger partial charge is 0.360 e. The van der Waals surface area contributed by atoms with Crippen LogP contribution in [0, 0.1) is 13.8 Å². The molecule has 2 heterocycles. The van der Waals surface area contributed by atoms with Crippen molar-refractivity contribution in [2.75, 3.05) is 7.05 Å². The van der Waals surface area contributed by atoms with Crippen molar-refractivity contribution in [3.05, 3.63) is 41.5 Å². The lowest BCUT2D eigenvalue weighted by Gasteiger charge is -2.16. The number of pyridine rings is 1. The monoisotopic (exact) mass is 281 g/mol. The quantitative estimate of drug-likeness (QED) is 0.849. The predicted octanol–water partition coefficient (Wildman–Crippen LogP) is 1.51. The molecule has 0 radical (unpaired) electrons. The third-order valence-corrected chi connectivity index (χ3v) is 4.84. The Morgan fingerprint density at radius 3 is 2.42 bits per heavy atom. The Morgan fingerprint density at radius 1 is 1.26 bits per heavy atom. The number of hydrogen-bond donors (Lipinski definition) is 0. The van der Waals surface area contributed by atoms with Crippen LogP contribution in [0.2, 0.25) is 0 Å². The van der Waals surface area contributed by atoms with Crippen molar-refractivity contribution in [1.29, 1.82) is 0 Å². The van der Waals surface area contributed by atoms with E-state index in [0.717, 1.165) is 5.56 Å². The van der Waals surface area contributed by atoms with Crippen LogP contribution in [-0.4, -0.2) is 29.9 Å². The van der Waals surface area contributed by atoms with E-state index >= 15 is 0 Å². The standard InChI is InChI=1S/C12H15N3O3S/c1-9-12(10(2)18-14-9)19(16,17)15(3)8-11-4-6-13-7-5-11/h4-7H,8H2,1-3H3. The smallest absolute Gasteiger partial charge is 0.248 e. The van der Waals surface area contributed by atoms with Crippen molar-refractivity contribution in [1.82, 2.24) is 14.4 Å². The van der Waals surface area contributed by atoms with Crippen LogP contribution in [0.4, 0.5) is 0 Å². The van der Waals surface area contributed by atoms with E-state index in [2.05, 4.69) is 10.1 Å². The Morgan fingerprint density at radius 2 is 1.89 bits per heavy atom. The first-order chi connectivity index (χ1) is 8.93. The molecule has 0 aromatic carbocycles. The molecule has 0 fully saturated rings. The Hall–Kier alpha value is -1.73. The zero-order valence-corrected chi connectivity index (χ0v) is 11.8. The highest BCUT2D eigenvalue weighted by Gasteiger charge is 2.28. The Kier molecular flexibility index (Phi) is 3.68. The van der Waals surface area contributed by atoms with Crippen LogP contribution in [0.3, 0.4) is 0 Å². The summed E-state index contributed by atoms with van der Waals surface area (Å²) in [6, 6.07) is 3.55. The summed E-state index contributed by atoms with van der Waals surface area (Å²) in [5.74, 6) is 0.305. The molecule has 0 aliphatic heterocycles. The minimum Gasteiger partial charge on any atom is -0.360 e. The summed E-state index contributed by atoms with van der Waals surface area (Å²) in [6.45, 7) is 3.48. The van der Waals surface area contributed by atoms with Gasteiger partial charge in [0.05, 0.1) is 0 Å². The van der Waals surface area contributed by atoms with Gasteiger partial charge in [-0.3, -0.25) is 4.98 Å². The first kappa shape index (κ1) is 13.7. The van der Waals surface area contributed by atoms with Gasteiger partial charge in [0.25, 0.3) is 0 Å². The van der Waals surface area contributed by atoms with E-state index in [4.69, 9.17) is 4.52 Å². The van der Waals surface area contributed by atoms with Crippen LogP contribution in [0.1, 0.15) is 17.0 Å². The van der Waals surface area contributed by atoms with Gasteiger partial charge < -0.3 is 4.52 Å². The minimum atomic E-state index is -3.60. The lowest BCUT2D eigenvalue weighted by atomic mass is 10.3. The second-order valence-electron chi connectivity index (χ2n) is 4.27. The van der Waals surface area contributed by atoms with Gasteiger partial charge in [-0.15, -0.1) is 0 Å². The molecule has 0 spiro atoms. The fourth-order valence-corrected chi connectivity index (χ4v) is 3.27. The van der Waals surface area contributed by atoms with Crippen molar-refractivity contribution >= 4 is 10.0 Å². The third kappa shape index (κ3) is 2.66. The van der Waals surface area contributed by atoms with Crippen LogP contribution in [0.25, 0.3) is 0 Å². The summed E-state index contributed by atoms with van der Waals surface area (Å²) < 4.78 is 31.1. The highest BCUT2D eigenvalue weighted by atomic mass is 32.2. The first-order valence-corrected chi connectivity index (χ1v) is 7.15. The molecule has 0 aliphatic rings. The van der Waals surface area contributed by atoms with E-state index in [9.17, 15) is 8.42 Å². The van der Waals surface area contributed by atoms with Crippen molar-refractivity contribution in [3.63, 3.8) is 0 Å². The highest BCUT2D eigenvalue weighted by molar-refractivity contribution is 7.89. The maximum atomic E-state index is 12.4. The Labute approximate surface area is 112 Å². The lowest BCUT2D eigenvalue weighted by molar-refractivity contribution is 0.389. The van der Waals surface area contributed by atoms with Gasteiger partial charge in [0, 0.05) is 26.0 Å². The average molecular weight is 281 g/mol. The molecule has 102 valence electrons. The number of hydrogen-bond acceptors (Lipinski definition) is 5. The van der Waals surface area contributed by atoms with Gasteiger partial charge in [-0.1, -0.05) is 5.16 Å². The zero-order valence-electron chi connectivity index (χ0n) is 11.0. The molecule has 19 heavy (non-hydrogen) atoms. The van der Waals surface area contributed by atoms with E-state index in [1.165, 1.54) is 11.4 Å². The molecule has 0 unspecified atom stereocenters. The van der Waals surface area contributed by atoms with Gasteiger partial charge in [0.15, 0.2) is 5.76 Å². The minimum absolute atomic E-state index is 0.143. The average Bonchev–Trinajstić information content (AvgIpc) is 2.70. The maximum absolute atomic E-state index is 12.4. The molecule has 0 saturated carbocycles. The number of aryl methyl sites for hydroxylation is 2. The third-order valence-electron chi connectivity index (χ3n) is 2.79. The summed E-state index contributed by atoms with van der Waals surface area (Å²) in [5, 5.41) is 3.68. The molecule has 0 amide bonds. The molecule has 2 aromatic heterocycles. The topological polar surface area (TPSA) is 76.3 Å². The second kappa shape index (κ2) is 5.10. The molecule has 6 nitrogen and oxygen atoms in total. The molecular formula is C12H15N3O3S. The van der Waals surface area contributed by atoms with Crippen LogP contribution in [0.5, 0.6) is 0 Å². The van der Waals surface area contributed by atoms with Crippen molar-refractivity contribution in [2.45, 2.75) is 25.3 Å². The Balaban J connectivity index is 2.30. The summed E-state index contributed by atoms with van der Waals surface area (Å²) in [5.41, 5.74) is 1.24. The van der Waals surface area contributed by atoms with Gasteiger partial charge in [0.1, 0.15) is 10.6 Å². The molecule has 0 bridgehead atoms. The normalized spacial score (nSPS) is 12.0. The number of nitrogens with zero attached hydrogens (tertiary/aromatic N) is 3. The zero-order chi connectivity index (χ0) is 14.0. The van der Waals surface area contributed by atoms with Gasteiger partial charge in [-0.25, -0.2) is 8.42 Å². The lowest BCUT2D eigenvalue weighted by Crippen LogP contribution is -2.27. The number of sulfonamides is 1. The number of aromatic nitrogens is 2. The van der Waals surface area contributed by atoms with E-state index in [1.54, 1.807) is 38.4 Å². The van der Waals surface area contributed by atoms with Gasteiger partial charge in [-0.2, -0.15) is 4.31 Å². The van der Waals surface area contributed by atoms with Crippen LogP contribution < -0.4 is 0 Å². The van der Waals surface area contributed by atoms with E-state index < -0.39 is 10.0 Å². The molecule has 0 saturated heterocycles. The molecule has 0 aliphatic carbocycles. The van der Waals surface area contributed by atoms with Crippen molar-refractivity contribution in [2.24, 2.45) is 0 Å². The first-order valence-electron chi connectivity index (χ1n) is 5.71. The molecular weight excluding hydrogens is 266 g/mol. The highest BCUT2D eigenvalue weighted by Crippen LogP contribution is 2.23. The SMILES string of the molecule is Cc1noc(C)c1S(=O)(=O)N(C)Cc1ccncc1. The van der Waals surface area contributed by atoms with Crippen LogP contribution >= 0.6 is 0 Å². The molecule has 7 heteroatoms. The van der Waals surface area contributed by atoms with Crippen LogP contribution in [-0.2, 0) is 16.6 Å². The van der Waals surface area contributed by atoms with E-state index in [0.29, 0.717) is 11.5 Å². The van der Waals surface area contributed by atoms with Gasteiger partial charge in [0.2, 0.25) is 10.0 Å². The molecule has 0 N–H and O–H groups in total. The Bertz CT molecular complexity index is 645. The summed E-state index contributed by atoms with van der Waals surface area (Å²) in [6.07, 6.45) is 3.26. The van der Waals surface area contributed by atoms with Crippen LogP contribution in [0.15, 0.2) is 33.9 Å². The predicted molar refractivity (Wildman–Crippen MR) is 68.9 cm³/mol. The van der Waals surface area contributed by atoms with E-state index in [-0.39, 0.29) is 11.4 Å². The second-order valence-corrected chi connectivity index (χ2v) is 6.25. The van der Waals surface area contributed by atoms with Gasteiger partial charge >= 0.3 is 0 Å². The number of rotatable bonds is 4. The fraction of sp³-hybridized carbons (Fsp3) is 0.333. The van der Waals surface area contributed by atoms with Crippen molar-refractivity contribution < 1.29 is 12.9 Å². The van der Waals surface area contributed by atoms with Crippen molar-refractivity contribution in [3.8, 4) is 0 Å². The summed E-state index contributed by atoms with van der Waals surface area (Å²) in [7, 11) is -2.07. The van der Waals surface area contributed by atoms with Gasteiger partial charge in [-0.05, 0) is 31.5 Å². The summed E-state index contributed by atoms with van der Waals surface area (Å²) >= 11 is 0.